The van der Waals surface area contributed by atoms with Crippen LogP contribution in [0.4, 0.5) is 11.5 Å². The smallest absolute Gasteiger partial charge is 0.157 e. The largest absolute Gasteiger partial charge is 0.378 e. The number of aromatic nitrogens is 3. The molecule has 1 aromatic carbocycles. The summed E-state index contributed by atoms with van der Waals surface area (Å²) in [5.74, 6) is 1.60. The Morgan fingerprint density at radius 3 is 2.59 bits per heavy atom. The number of hydrogen-bond donors (Lipinski definition) is 1. The van der Waals surface area contributed by atoms with Crippen molar-refractivity contribution in [1.29, 1.82) is 0 Å². The lowest BCUT2D eigenvalue weighted by Gasteiger charge is -2.29. The maximum Gasteiger partial charge on any atom is 0.157 e. The molecule has 0 spiro atoms. The van der Waals surface area contributed by atoms with Gasteiger partial charge in [-0.05, 0) is 43.6 Å². The second-order valence-electron chi connectivity index (χ2n) is 8.31. The van der Waals surface area contributed by atoms with E-state index in [0.717, 1.165) is 80.6 Å². The van der Waals surface area contributed by atoms with E-state index in [0.29, 0.717) is 5.92 Å². The first-order chi connectivity index (χ1) is 15.3. The van der Waals surface area contributed by atoms with E-state index in [1.54, 1.807) is 12.4 Å². The van der Waals surface area contributed by atoms with Crippen molar-refractivity contribution >= 4 is 36.0 Å². The molecule has 170 valence electrons. The molecule has 1 N–H and O–H groups in total. The molecule has 2 aromatic heterocycles. The fourth-order valence-corrected chi connectivity index (χ4v) is 4.53. The monoisotopic (exact) mass is 452 g/mol. The zero-order valence-electron chi connectivity index (χ0n) is 18.6. The normalized spacial score (nSPS) is 18.7. The Morgan fingerprint density at radius 1 is 1.03 bits per heavy atom. The molecule has 1 atom stereocenters. The van der Waals surface area contributed by atoms with E-state index in [-0.39, 0.29) is 13.5 Å². The molecule has 7 nitrogen and oxygen atoms in total. The van der Waals surface area contributed by atoms with Crippen LogP contribution in [-0.2, 0) is 4.74 Å². The molecular formula is C24H32N6OS. The zero-order chi connectivity index (χ0) is 21.0. The quantitative estimate of drug-likeness (QED) is 0.616. The highest BCUT2D eigenvalue weighted by Gasteiger charge is 2.25. The van der Waals surface area contributed by atoms with Crippen molar-refractivity contribution in [3.63, 3.8) is 0 Å². The number of pyridine rings is 1. The highest BCUT2D eigenvalue weighted by atomic mass is 32.1. The van der Waals surface area contributed by atoms with E-state index in [1.807, 2.05) is 0 Å². The van der Waals surface area contributed by atoms with Gasteiger partial charge in [-0.1, -0.05) is 19.1 Å². The van der Waals surface area contributed by atoms with Crippen molar-refractivity contribution in [2.24, 2.45) is 5.92 Å². The van der Waals surface area contributed by atoms with Gasteiger partial charge in [0.2, 0.25) is 0 Å². The summed E-state index contributed by atoms with van der Waals surface area (Å²) in [5, 5.41) is 3.48. The topological polar surface area (TPSA) is 66.4 Å². The molecule has 2 fully saturated rings. The molecule has 4 heterocycles. The van der Waals surface area contributed by atoms with Crippen molar-refractivity contribution in [2.45, 2.75) is 13.3 Å². The summed E-state index contributed by atoms with van der Waals surface area (Å²) in [6.07, 6.45) is 4.70. The third-order valence-electron chi connectivity index (χ3n) is 6.25. The fraction of sp³-hybridized carbons (Fsp3) is 0.458. The second kappa shape index (κ2) is 10.5. The van der Waals surface area contributed by atoms with Gasteiger partial charge in [0.15, 0.2) is 5.82 Å². The molecule has 2 aliphatic heterocycles. The van der Waals surface area contributed by atoms with Gasteiger partial charge in [-0.15, -0.1) is 0 Å². The van der Waals surface area contributed by atoms with Crippen LogP contribution in [0.25, 0.3) is 22.3 Å². The Bertz CT molecular complexity index is 1020. The molecule has 0 aliphatic carbocycles. The van der Waals surface area contributed by atoms with Crippen LogP contribution in [0.3, 0.4) is 0 Å². The number of ether oxygens (including phenoxy) is 1. The van der Waals surface area contributed by atoms with Crippen LogP contribution in [0.15, 0.2) is 42.7 Å². The second-order valence-corrected chi connectivity index (χ2v) is 8.31. The van der Waals surface area contributed by atoms with Crippen LogP contribution in [0.5, 0.6) is 0 Å². The lowest BCUT2D eigenvalue weighted by molar-refractivity contribution is 0.122. The average Bonchev–Trinajstić information content (AvgIpc) is 3.31. The molecule has 0 amide bonds. The Kier molecular flexibility index (Phi) is 7.44. The number of nitrogens with zero attached hydrogens (tertiary/aromatic N) is 5. The Labute approximate surface area is 196 Å². The molecule has 0 bridgehead atoms. The summed E-state index contributed by atoms with van der Waals surface area (Å²) < 4.78 is 5.47. The summed E-state index contributed by atoms with van der Waals surface area (Å²) in [4.78, 5) is 19.0. The predicted molar refractivity (Wildman–Crippen MR) is 135 cm³/mol. The van der Waals surface area contributed by atoms with Gasteiger partial charge in [0.25, 0.3) is 0 Å². The highest BCUT2D eigenvalue weighted by Crippen LogP contribution is 2.31. The number of anilines is 2. The number of rotatable bonds is 6. The molecule has 3 aromatic rings. The molecule has 32 heavy (non-hydrogen) atoms. The number of fused-ring (bicyclic) bond motifs is 1. The van der Waals surface area contributed by atoms with Crippen LogP contribution in [0.1, 0.15) is 13.3 Å². The lowest BCUT2D eigenvalue weighted by atomic mass is 10.1. The van der Waals surface area contributed by atoms with E-state index in [9.17, 15) is 0 Å². The van der Waals surface area contributed by atoms with E-state index in [1.165, 1.54) is 12.1 Å². The minimum atomic E-state index is 0. The third kappa shape index (κ3) is 4.82. The van der Waals surface area contributed by atoms with Gasteiger partial charge in [0.1, 0.15) is 5.52 Å². The van der Waals surface area contributed by atoms with Crippen LogP contribution >= 0.6 is 13.5 Å². The van der Waals surface area contributed by atoms with Gasteiger partial charge in [-0.25, -0.2) is 9.97 Å². The number of nitrogens with one attached hydrogen (secondary N) is 1. The minimum Gasteiger partial charge on any atom is -0.378 e. The van der Waals surface area contributed by atoms with Crippen molar-refractivity contribution in [3.8, 4) is 11.3 Å². The van der Waals surface area contributed by atoms with Gasteiger partial charge in [0.05, 0.1) is 24.4 Å². The van der Waals surface area contributed by atoms with E-state index in [4.69, 9.17) is 9.72 Å². The molecule has 0 saturated carbocycles. The van der Waals surface area contributed by atoms with Crippen LogP contribution in [-0.4, -0.2) is 67.4 Å². The van der Waals surface area contributed by atoms with Crippen molar-refractivity contribution < 1.29 is 4.74 Å². The summed E-state index contributed by atoms with van der Waals surface area (Å²) in [6, 6.07) is 10.8. The van der Waals surface area contributed by atoms with Gasteiger partial charge >= 0.3 is 0 Å². The first-order valence-corrected chi connectivity index (χ1v) is 11.3. The molecule has 8 heteroatoms. The Balaban J connectivity index is 0.00000245. The molecule has 0 unspecified atom stereocenters. The van der Waals surface area contributed by atoms with Crippen LogP contribution in [0.2, 0.25) is 0 Å². The lowest BCUT2D eigenvalue weighted by Crippen LogP contribution is -2.36. The van der Waals surface area contributed by atoms with Gasteiger partial charge in [0, 0.05) is 49.8 Å². The van der Waals surface area contributed by atoms with Crippen molar-refractivity contribution in [3.05, 3.63) is 42.7 Å². The Morgan fingerprint density at radius 2 is 1.81 bits per heavy atom. The van der Waals surface area contributed by atoms with Crippen LogP contribution < -0.4 is 15.1 Å². The fourth-order valence-electron chi connectivity index (χ4n) is 4.53. The maximum atomic E-state index is 5.47. The number of morpholine rings is 1. The first-order valence-electron chi connectivity index (χ1n) is 11.3. The number of hydrogen-bond acceptors (Lipinski definition) is 7. The third-order valence-corrected chi connectivity index (χ3v) is 6.25. The summed E-state index contributed by atoms with van der Waals surface area (Å²) >= 11 is 0. The molecule has 2 saturated heterocycles. The van der Waals surface area contributed by atoms with Gasteiger partial charge in [-0.2, -0.15) is 13.5 Å². The van der Waals surface area contributed by atoms with Crippen molar-refractivity contribution in [1.82, 2.24) is 20.3 Å². The highest BCUT2D eigenvalue weighted by molar-refractivity contribution is 7.59. The van der Waals surface area contributed by atoms with E-state index in [2.05, 4.69) is 62.3 Å². The summed E-state index contributed by atoms with van der Waals surface area (Å²) in [6.45, 7) is 9.71. The Hall–Kier alpha value is -2.42. The predicted octanol–water partition coefficient (Wildman–Crippen LogP) is 3.08. The first kappa shape index (κ1) is 22.8. The van der Waals surface area contributed by atoms with Gasteiger partial charge in [-0.3, -0.25) is 4.98 Å². The van der Waals surface area contributed by atoms with E-state index < -0.39 is 0 Å². The average molecular weight is 453 g/mol. The maximum absolute atomic E-state index is 5.47. The van der Waals surface area contributed by atoms with Crippen molar-refractivity contribution in [2.75, 3.05) is 62.3 Å². The number of benzene rings is 1. The zero-order valence-corrected chi connectivity index (χ0v) is 19.6. The minimum absolute atomic E-state index is 0. The molecule has 0 radical (unpaired) electrons. The molecular weight excluding hydrogens is 420 g/mol. The summed E-state index contributed by atoms with van der Waals surface area (Å²) in [7, 11) is 0. The van der Waals surface area contributed by atoms with E-state index >= 15 is 0 Å². The summed E-state index contributed by atoms with van der Waals surface area (Å²) in [5.41, 5.74) is 5.08. The SMILES string of the molecule is CCNC[C@@H]1CCN(c2nc(-c3ccc(N4CCOCC4)cc3)cc3nccnc23)C1.S. The standard InChI is InChI=1S/C24H30N6O.H2S/c1-2-25-16-18-7-10-30(17-18)24-23-22(26-8-9-27-23)15-21(28-24)19-3-5-20(6-4-19)29-11-13-31-14-12-29;/h3-6,8-9,15,18,25H,2,7,10-14,16-17H2,1H3;1H2/t18-;/m0./s1. The molecule has 5 rings (SSSR count). The van der Waals surface area contributed by atoms with Gasteiger partial charge < -0.3 is 19.9 Å². The molecule has 2 aliphatic rings. The van der Waals surface area contributed by atoms with Crippen LogP contribution in [0, 0.1) is 5.92 Å².